The van der Waals surface area contributed by atoms with Gasteiger partial charge in [-0.05, 0) is 19.1 Å². The van der Waals surface area contributed by atoms with Crippen LogP contribution in [0.15, 0.2) is 50.5 Å². The van der Waals surface area contributed by atoms with Crippen LogP contribution in [0, 0.1) is 6.92 Å². The summed E-state index contributed by atoms with van der Waals surface area (Å²) < 4.78 is 7.17. The van der Waals surface area contributed by atoms with Crippen LogP contribution < -0.4 is 11.4 Å². The van der Waals surface area contributed by atoms with Gasteiger partial charge in [-0.25, -0.2) is 14.2 Å². The lowest BCUT2D eigenvalue weighted by Gasteiger charge is -2.02. The Hall–Kier alpha value is -2.63. The van der Waals surface area contributed by atoms with Gasteiger partial charge < -0.3 is 4.52 Å². The maximum absolute atomic E-state index is 12.2. The number of fused-ring (bicyclic) bond motifs is 1. The molecule has 0 bridgehead atoms. The van der Waals surface area contributed by atoms with Gasteiger partial charge in [0.25, 0.3) is 0 Å². The van der Waals surface area contributed by atoms with Crippen molar-refractivity contribution in [1.82, 2.24) is 14.1 Å². The fourth-order valence-electron chi connectivity index (χ4n) is 1.79. The molecule has 6 heteroatoms. The molecule has 90 valence electrons. The highest BCUT2D eigenvalue weighted by molar-refractivity contribution is 5.37. The number of hydrogen-bond donors (Lipinski definition) is 0. The molecular weight excluding hydrogens is 234 g/mol. The van der Waals surface area contributed by atoms with Crippen LogP contribution in [0.25, 0.3) is 11.3 Å². The standard InChI is InChI=1S/C12H9N3O3/c1-8-7-10-13-11(16)14(12(17)15(10)18-8)9-5-3-2-4-6-9/h2-7H,1H3. The monoisotopic (exact) mass is 243 g/mol. The molecule has 3 rings (SSSR count). The lowest BCUT2D eigenvalue weighted by Crippen LogP contribution is -2.37. The maximum atomic E-state index is 12.2. The molecule has 0 unspecified atom stereocenters. The maximum Gasteiger partial charge on any atom is 0.372 e. The average molecular weight is 243 g/mol. The molecule has 0 saturated carbocycles. The summed E-state index contributed by atoms with van der Waals surface area (Å²) in [6, 6.07) is 10.1. The second-order valence-electron chi connectivity index (χ2n) is 3.85. The van der Waals surface area contributed by atoms with Crippen molar-refractivity contribution in [3.63, 3.8) is 0 Å². The number of aryl methyl sites for hydroxylation is 1. The quantitative estimate of drug-likeness (QED) is 0.632. The number of para-hydroxylation sites is 1. The van der Waals surface area contributed by atoms with Gasteiger partial charge in [0.2, 0.25) is 0 Å². The van der Waals surface area contributed by atoms with Gasteiger partial charge in [0.15, 0.2) is 5.65 Å². The van der Waals surface area contributed by atoms with E-state index >= 15 is 0 Å². The van der Waals surface area contributed by atoms with Crippen LogP contribution in [0.5, 0.6) is 0 Å². The highest BCUT2D eigenvalue weighted by atomic mass is 16.5. The van der Waals surface area contributed by atoms with Crippen molar-refractivity contribution in [3.05, 3.63) is 63.1 Å². The van der Waals surface area contributed by atoms with Gasteiger partial charge in [-0.2, -0.15) is 4.98 Å². The first-order valence-electron chi connectivity index (χ1n) is 5.35. The molecule has 1 aromatic carbocycles. The van der Waals surface area contributed by atoms with E-state index in [1.807, 2.05) is 0 Å². The average Bonchev–Trinajstić information content (AvgIpc) is 2.71. The molecule has 0 aliphatic heterocycles. The van der Waals surface area contributed by atoms with Crippen molar-refractivity contribution >= 4 is 5.65 Å². The Morgan fingerprint density at radius 3 is 2.61 bits per heavy atom. The van der Waals surface area contributed by atoms with Crippen LogP contribution in [0.1, 0.15) is 5.76 Å². The van der Waals surface area contributed by atoms with Crippen LogP contribution in [0.2, 0.25) is 0 Å². The third kappa shape index (κ3) is 1.46. The molecule has 0 aliphatic rings. The zero-order chi connectivity index (χ0) is 12.7. The molecule has 2 aromatic heterocycles. The van der Waals surface area contributed by atoms with E-state index in [0.717, 1.165) is 9.14 Å². The minimum absolute atomic E-state index is 0.217. The Morgan fingerprint density at radius 2 is 1.89 bits per heavy atom. The Kier molecular flexibility index (Phi) is 2.16. The van der Waals surface area contributed by atoms with Gasteiger partial charge in [0.1, 0.15) is 5.76 Å². The summed E-state index contributed by atoms with van der Waals surface area (Å²) in [7, 11) is 0. The topological polar surface area (TPSA) is 69.5 Å². The number of rotatable bonds is 1. The first kappa shape index (κ1) is 10.5. The second-order valence-corrected chi connectivity index (χ2v) is 3.85. The second kappa shape index (κ2) is 3.69. The number of nitrogens with zero attached hydrogens (tertiary/aromatic N) is 3. The largest absolute Gasteiger partial charge is 0.373 e. The summed E-state index contributed by atoms with van der Waals surface area (Å²) in [5.41, 5.74) is -0.505. The van der Waals surface area contributed by atoms with E-state index < -0.39 is 11.4 Å². The molecule has 3 aromatic rings. The Morgan fingerprint density at radius 1 is 1.17 bits per heavy atom. The lowest BCUT2D eigenvalue weighted by atomic mass is 10.3. The van der Waals surface area contributed by atoms with E-state index in [0.29, 0.717) is 11.4 Å². The van der Waals surface area contributed by atoms with Crippen LogP contribution in [0.4, 0.5) is 0 Å². The molecule has 0 atom stereocenters. The fourth-order valence-corrected chi connectivity index (χ4v) is 1.79. The molecule has 6 nitrogen and oxygen atoms in total. The van der Waals surface area contributed by atoms with Crippen molar-refractivity contribution in [1.29, 1.82) is 0 Å². The van der Waals surface area contributed by atoms with Gasteiger partial charge in [-0.1, -0.05) is 18.2 Å². The summed E-state index contributed by atoms with van der Waals surface area (Å²) in [5, 5.41) is 0. The summed E-state index contributed by atoms with van der Waals surface area (Å²) in [5.74, 6) is 0.518. The Balaban J connectivity index is 2.44. The molecule has 0 aliphatic carbocycles. The minimum atomic E-state index is -0.619. The predicted molar refractivity (Wildman–Crippen MR) is 64.1 cm³/mol. The predicted octanol–water partition coefficient (Wildman–Crippen LogP) is 0.747. The normalized spacial score (nSPS) is 10.9. The van der Waals surface area contributed by atoms with E-state index in [9.17, 15) is 9.59 Å². The molecule has 18 heavy (non-hydrogen) atoms. The Labute approximate surface area is 101 Å². The zero-order valence-electron chi connectivity index (χ0n) is 9.53. The smallest absolute Gasteiger partial charge is 0.372 e. The molecule has 0 saturated heterocycles. The van der Waals surface area contributed by atoms with Gasteiger partial charge in [-0.15, -0.1) is 4.57 Å². The van der Waals surface area contributed by atoms with E-state index in [2.05, 4.69) is 4.98 Å². The summed E-state index contributed by atoms with van der Waals surface area (Å²) in [6.07, 6.45) is 0. The molecule has 0 amide bonds. The van der Waals surface area contributed by atoms with Crippen molar-refractivity contribution in [2.75, 3.05) is 0 Å². The molecule has 0 fully saturated rings. The van der Waals surface area contributed by atoms with Crippen LogP contribution in [0.3, 0.4) is 0 Å². The van der Waals surface area contributed by atoms with E-state index in [1.165, 1.54) is 6.07 Å². The molecule has 0 radical (unpaired) electrons. The van der Waals surface area contributed by atoms with Gasteiger partial charge >= 0.3 is 11.4 Å². The molecular formula is C12H9N3O3. The SMILES string of the molecule is Cc1cc2nc(=O)n(-c3ccccc3)c(=O)n2o1. The van der Waals surface area contributed by atoms with E-state index in [-0.39, 0.29) is 5.65 Å². The first-order valence-corrected chi connectivity index (χ1v) is 5.35. The van der Waals surface area contributed by atoms with Crippen molar-refractivity contribution in [2.24, 2.45) is 0 Å². The highest BCUT2D eigenvalue weighted by Gasteiger charge is 2.12. The fraction of sp³-hybridized carbons (Fsp3) is 0.0833. The van der Waals surface area contributed by atoms with Crippen LogP contribution >= 0.6 is 0 Å². The van der Waals surface area contributed by atoms with Gasteiger partial charge in [-0.3, -0.25) is 0 Å². The van der Waals surface area contributed by atoms with Crippen molar-refractivity contribution < 1.29 is 4.52 Å². The number of hydrogen-bond acceptors (Lipinski definition) is 4. The summed E-state index contributed by atoms with van der Waals surface area (Å²) in [6.45, 7) is 1.69. The minimum Gasteiger partial charge on any atom is -0.373 e. The van der Waals surface area contributed by atoms with E-state index in [1.54, 1.807) is 37.3 Å². The molecule has 0 spiro atoms. The third-order valence-corrected chi connectivity index (χ3v) is 2.56. The van der Waals surface area contributed by atoms with Crippen LogP contribution in [-0.4, -0.2) is 14.1 Å². The van der Waals surface area contributed by atoms with Gasteiger partial charge in [0.05, 0.1) is 5.69 Å². The lowest BCUT2D eigenvalue weighted by molar-refractivity contribution is 0.334. The zero-order valence-corrected chi connectivity index (χ0v) is 9.53. The first-order chi connectivity index (χ1) is 8.66. The van der Waals surface area contributed by atoms with Crippen LogP contribution in [-0.2, 0) is 0 Å². The summed E-state index contributed by atoms with van der Waals surface area (Å²) in [4.78, 5) is 27.8. The number of aromatic nitrogens is 3. The van der Waals surface area contributed by atoms with E-state index in [4.69, 9.17) is 4.52 Å². The van der Waals surface area contributed by atoms with Crippen molar-refractivity contribution in [2.45, 2.75) is 6.92 Å². The third-order valence-electron chi connectivity index (χ3n) is 2.56. The molecule has 0 N–H and O–H groups in total. The molecule has 2 heterocycles. The Bertz CT molecular complexity index is 827. The highest BCUT2D eigenvalue weighted by Crippen LogP contribution is 2.04. The van der Waals surface area contributed by atoms with Crippen molar-refractivity contribution in [3.8, 4) is 5.69 Å². The van der Waals surface area contributed by atoms with Gasteiger partial charge in [0, 0.05) is 6.07 Å². The summed E-state index contributed by atoms with van der Waals surface area (Å²) >= 11 is 0. The number of benzene rings is 1.